The molecule has 0 bridgehead atoms. The number of hydrogen-bond donors (Lipinski definition) is 2. The highest BCUT2D eigenvalue weighted by Crippen LogP contribution is 2.25. The first-order valence-electron chi connectivity index (χ1n) is 5.54. The topological polar surface area (TPSA) is 96.4 Å². The summed E-state index contributed by atoms with van der Waals surface area (Å²) in [6.45, 7) is 1.51. The van der Waals surface area contributed by atoms with Crippen LogP contribution >= 0.6 is 11.3 Å². The van der Waals surface area contributed by atoms with Crippen LogP contribution in [0, 0.1) is 0 Å². The van der Waals surface area contributed by atoms with Crippen LogP contribution in [0.15, 0.2) is 24.3 Å². The van der Waals surface area contributed by atoms with Gasteiger partial charge in [-0.15, -0.1) is 0 Å². The predicted molar refractivity (Wildman–Crippen MR) is 73.9 cm³/mol. The molecule has 102 valence electrons. The molecule has 2 rings (SSSR count). The molecule has 1 heterocycles. The van der Waals surface area contributed by atoms with E-state index in [1.807, 2.05) is 18.2 Å². The summed E-state index contributed by atoms with van der Waals surface area (Å²) in [6, 6.07) is 7.31. The van der Waals surface area contributed by atoms with Crippen LogP contribution in [0.5, 0.6) is 0 Å². The summed E-state index contributed by atoms with van der Waals surface area (Å²) < 4.78 is 31.9. The smallest absolute Gasteiger partial charge is 0.276 e. The number of carbonyl (C=O) groups is 1. The second-order valence-electron chi connectivity index (χ2n) is 3.89. The zero-order valence-corrected chi connectivity index (χ0v) is 11.7. The van der Waals surface area contributed by atoms with Gasteiger partial charge >= 0.3 is 0 Å². The second kappa shape index (κ2) is 5.24. The number of rotatable bonds is 4. The van der Waals surface area contributed by atoms with Crippen LogP contribution in [0.1, 0.15) is 13.3 Å². The summed E-state index contributed by atoms with van der Waals surface area (Å²) in [4.78, 5) is 15.9. The van der Waals surface area contributed by atoms with Gasteiger partial charge in [-0.05, 0) is 18.6 Å². The minimum Gasteiger partial charge on any atom is -0.301 e. The maximum absolute atomic E-state index is 11.8. The third kappa shape index (κ3) is 3.09. The Morgan fingerprint density at radius 1 is 1.47 bits per heavy atom. The van der Waals surface area contributed by atoms with E-state index in [1.165, 1.54) is 18.3 Å². The van der Waals surface area contributed by atoms with E-state index in [2.05, 4.69) is 10.3 Å². The Bertz CT molecular complexity index is 675. The van der Waals surface area contributed by atoms with Crippen molar-refractivity contribution < 1.29 is 17.8 Å². The van der Waals surface area contributed by atoms with Crippen LogP contribution in [-0.4, -0.2) is 29.1 Å². The fourth-order valence-electron chi connectivity index (χ4n) is 1.64. The summed E-state index contributed by atoms with van der Waals surface area (Å²) >= 11 is 1.24. The number of thiazole rings is 1. The van der Waals surface area contributed by atoms with Crippen LogP contribution in [-0.2, 0) is 14.9 Å². The summed E-state index contributed by atoms with van der Waals surface area (Å²) in [5, 5.41) is 1.26. The molecular weight excluding hydrogens is 288 g/mol. The molecule has 0 spiro atoms. The van der Waals surface area contributed by atoms with Gasteiger partial charge in [0.1, 0.15) is 0 Å². The Hall–Kier alpha value is -1.51. The Labute approximate surface area is 114 Å². The molecule has 2 aromatic rings. The predicted octanol–water partition coefficient (Wildman–Crippen LogP) is 1.90. The lowest BCUT2D eigenvalue weighted by Gasteiger charge is -2.09. The van der Waals surface area contributed by atoms with Crippen molar-refractivity contribution in [3.63, 3.8) is 0 Å². The Kier molecular flexibility index (Phi) is 3.83. The highest BCUT2D eigenvalue weighted by Gasteiger charge is 2.29. The van der Waals surface area contributed by atoms with Crippen LogP contribution in [0.2, 0.25) is 0 Å². The molecule has 1 aromatic carbocycles. The lowest BCUT2D eigenvalue weighted by Crippen LogP contribution is -2.34. The van der Waals surface area contributed by atoms with Gasteiger partial charge in [-0.25, -0.2) is 4.98 Å². The van der Waals surface area contributed by atoms with Crippen molar-refractivity contribution >= 4 is 42.7 Å². The number of carbonyl (C=O) groups excluding carboxylic acids is 1. The molecule has 8 heteroatoms. The molecule has 0 aliphatic rings. The number of nitrogens with one attached hydrogen (secondary N) is 1. The van der Waals surface area contributed by atoms with E-state index in [-0.39, 0.29) is 6.42 Å². The van der Waals surface area contributed by atoms with Gasteiger partial charge in [0.05, 0.1) is 10.2 Å². The van der Waals surface area contributed by atoms with Crippen molar-refractivity contribution in [2.24, 2.45) is 0 Å². The van der Waals surface area contributed by atoms with E-state index in [4.69, 9.17) is 4.55 Å². The minimum absolute atomic E-state index is 0.00440. The highest BCUT2D eigenvalue weighted by molar-refractivity contribution is 7.87. The lowest BCUT2D eigenvalue weighted by atomic mass is 10.3. The molecule has 0 radical (unpaired) electrons. The third-order valence-corrected chi connectivity index (χ3v) is 4.77. The zero-order chi connectivity index (χ0) is 14.0. The van der Waals surface area contributed by atoms with E-state index in [0.29, 0.717) is 5.13 Å². The summed E-state index contributed by atoms with van der Waals surface area (Å²) in [5.41, 5.74) is 0.725. The largest absolute Gasteiger partial charge is 0.301 e. The van der Waals surface area contributed by atoms with Gasteiger partial charge in [0.15, 0.2) is 10.4 Å². The zero-order valence-electron chi connectivity index (χ0n) is 10.0. The van der Waals surface area contributed by atoms with Crippen molar-refractivity contribution in [2.75, 3.05) is 5.32 Å². The quantitative estimate of drug-likeness (QED) is 0.841. The molecule has 0 saturated heterocycles. The number of para-hydroxylation sites is 1. The number of fused-ring (bicyclic) bond motifs is 1. The maximum Gasteiger partial charge on any atom is 0.276 e. The minimum atomic E-state index is -4.40. The Balaban J connectivity index is 2.23. The Morgan fingerprint density at radius 2 is 2.16 bits per heavy atom. The monoisotopic (exact) mass is 300 g/mol. The van der Waals surface area contributed by atoms with Crippen molar-refractivity contribution in [3.05, 3.63) is 24.3 Å². The molecule has 0 aliphatic heterocycles. The first-order valence-corrected chi connectivity index (χ1v) is 7.86. The Morgan fingerprint density at radius 3 is 2.74 bits per heavy atom. The third-order valence-electron chi connectivity index (χ3n) is 2.55. The molecule has 19 heavy (non-hydrogen) atoms. The lowest BCUT2D eigenvalue weighted by molar-refractivity contribution is -0.115. The summed E-state index contributed by atoms with van der Waals surface area (Å²) in [5.74, 6) is -0.774. The second-order valence-corrected chi connectivity index (χ2v) is 6.52. The van der Waals surface area contributed by atoms with Gasteiger partial charge in [0.25, 0.3) is 10.1 Å². The van der Waals surface area contributed by atoms with E-state index in [0.717, 1.165) is 10.2 Å². The molecule has 1 aromatic heterocycles. The number of anilines is 1. The first kappa shape index (κ1) is 13.9. The van der Waals surface area contributed by atoms with E-state index in [9.17, 15) is 13.2 Å². The molecule has 6 nitrogen and oxygen atoms in total. The molecule has 2 N–H and O–H groups in total. The standard InChI is InChI=1S/C11H12N2O4S2/c1-2-9(19(15,16)17)10(14)13-11-12-7-5-3-4-6-8(7)18-11/h3-6,9H,2H2,1H3,(H,12,13,14)(H,15,16,17)/t9-/m0/s1. The molecule has 1 amide bonds. The number of amides is 1. The normalized spacial score (nSPS) is 13.4. The molecule has 0 aliphatic carbocycles. The fraction of sp³-hybridized carbons (Fsp3) is 0.273. The average molecular weight is 300 g/mol. The first-order chi connectivity index (χ1) is 8.91. The molecular formula is C11H12N2O4S2. The molecule has 0 saturated carbocycles. The van der Waals surface area contributed by atoms with Crippen LogP contribution < -0.4 is 5.32 Å². The SMILES string of the molecule is CC[C@@H](C(=O)Nc1nc2ccccc2s1)S(=O)(=O)O. The summed E-state index contributed by atoms with van der Waals surface area (Å²) in [7, 11) is -4.40. The van der Waals surface area contributed by atoms with Crippen molar-refractivity contribution in [1.29, 1.82) is 0 Å². The van der Waals surface area contributed by atoms with Crippen molar-refractivity contribution in [2.45, 2.75) is 18.6 Å². The number of benzene rings is 1. The van der Waals surface area contributed by atoms with Crippen LogP contribution in [0.4, 0.5) is 5.13 Å². The van der Waals surface area contributed by atoms with Gasteiger partial charge in [-0.3, -0.25) is 9.35 Å². The summed E-state index contributed by atoms with van der Waals surface area (Å²) in [6.07, 6.45) is -0.00440. The van der Waals surface area contributed by atoms with Gasteiger partial charge in [-0.1, -0.05) is 30.4 Å². The van der Waals surface area contributed by atoms with Crippen molar-refractivity contribution in [3.8, 4) is 0 Å². The fourth-order valence-corrected chi connectivity index (χ4v) is 3.26. The van der Waals surface area contributed by atoms with E-state index < -0.39 is 21.3 Å². The molecule has 0 fully saturated rings. The number of hydrogen-bond acceptors (Lipinski definition) is 5. The van der Waals surface area contributed by atoms with E-state index in [1.54, 1.807) is 6.07 Å². The van der Waals surface area contributed by atoms with Gasteiger partial charge < -0.3 is 5.32 Å². The van der Waals surface area contributed by atoms with Crippen LogP contribution in [0.3, 0.4) is 0 Å². The number of aromatic nitrogens is 1. The van der Waals surface area contributed by atoms with Crippen molar-refractivity contribution in [1.82, 2.24) is 4.98 Å². The van der Waals surface area contributed by atoms with E-state index >= 15 is 0 Å². The number of nitrogens with zero attached hydrogens (tertiary/aromatic N) is 1. The molecule has 1 atom stereocenters. The maximum atomic E-state index is 11.8. The molecule has 0 unspecified atom stereocenters. The van der Waals surface area contributed by atoms with Gasteiger partial charge in [0.2, 0.25) is 5.91 Å². The average Bonchev–Trinajstić information content (AvgIpc) is 2.69. The van der Waals surface area contributed by atoms with Gasteiger partial charge in [0, 0.05) is 0 Å². The highest BCUT2D eigenvalue weighted by atomic mass is 32.2. The van der Waals surface area contributed by atoms with Gasteiger partial charge in [-0.2, -0.15) is 8.42 Å². The van der Waals surface area contributed by atoms with Crippen LogP contribution in [0.25, 0.3) is 10.2 Å².